The third-order valence-corrected chi connectivity index (χ3v) is 4.59. The largest absolute Gasteiger partial charge is 0.489 e. The Bertz CT molecular complexity index is 738. The van der Waals surface area contributed by atoms with E-state index in [4.69, 9.17) is 4.74 Å². The van der Waals surface area contributed by atoms with Crippen LogP contribution in [0.5, 0.6) is 5.75 Å². The molecule has 1 aromatic carbocycles. The van der Waals surface area contributed by atoms with Crippen LogP contribution in [-0.2, 0) is 0 Å². The van der Waals surface area contributed by atoms with Crippen molar-refractivity contribution in [2.45, 2.75) is 64.5 Å². The minimum atomic E-state index is -0.149. The van der Waals surface area contributed by atoms with Crippen LogP contribution in [0.3, 0.4) is 0 Å². The number of rotatable bonds is 6. The lowest BCUT2D eigenvalue weighted by atomic mass is 10.1. The zero-order valence-corrected chi connectivity index (χ0v) is 16.1. The van der Waals surface area contributed by atoms with Crippen LogP contribution >= 0.6 is 0 Å². The minimum Gasteiger partial charge on any atom is -0.489 e. The fourth-order valence-electron chi connectivity index (χ4n) is 3.26. The molecular weight excluding hydrogens is 340 g/mol. The summed E-state index contributed by atoms with van der Waals surface area (Å²) in [6.07, 6.45) is 10.1. The van der Waals surface area contributed by atoms with E-state index < -0.39 is 0 Å². The van der Waals surface area contributed by atoms with Crippen molar-refractivity contribution in [2.75, 3.05) is 5.32 Å². The number of hydrogen-bond acceptors (Lipinski definition) is 5. The Morgan fingerprint density at radius 2 is 1.81 bits per heavy atom. The van der Waals surface area contributed by atoms with Gasteiger partial charge in [0.25, 0.3) is 5.91 Å². The standard InChI is InChI=1S/C21H28N4O2/c1-15(2)27-19-12-8-7-11-17(19)25-20-14-22-18(13-23-20)21(26)24-16-9-5-3-4-6-10-16/h7-8,11-16H,3-6,9-10H2,1-2H3,(H,23,25)(H,24,26). The Balaban J connectivity index is 1.62. The maximum atomic E-state index is 12.4. The number of carbonyl (C=O) groups excluding carboxylic acids is 1. The van der Waals surface area contributed by atoms with E-state index >= 15 is 0 Å². The molecule has 0 spiro atoms. The van der Waals surface area contributed by atoms with E-state index in [1.165, 1.54) is 31.9 Å². The summed E-state index contributed by atoms with van der Waals surface area (Å²) in [5.41, 5.74) is 1.16. The molecule has 0 unspecified atom stereocenters. The molecular formula is C21H28N4O2. The Kier molecular flexibility index (Phi) is 6.63. The van der Waals surface area contributed by atoms with Gasteiger partial charge in [-0.1, -0.05) is 37.8 Å². The van der Waals surface area contributed by atoms with Crippen molar-refractivity contribution >= 4 is 17.4 Å². The summed E-state index contributed by atoms with van der Waals surface area (Å²) in [5.74, 6) is 1.18. The van der Waals surface area contributed by atoms with Crippen LogP contribution in [0.2, 0.25) is 0 Å². The molecule has 0 saturated heterocycles. The highest BCUT2D eigenvalue weighted by atomic mass is 16.5. The highest BCUT2D eigenvalue weighted by Gasteiger charge is 2.17. The first-order valence-corrected chi connectivity index (χ1v) is 9.77. The van der Waals surface area contributed by atoms with E-state index in [0.29, 0.717) is 11.5 Å². The second-order valence-corrected chi connectivity index (χ2v) is 7.24. The molecule has 1 aromatic heterocycles. The van der Waals surface area contributed by atoms with Gasteiger partial charge in [0.15, 0.2) is 0 Å². The van der Waals surface area contributed by atoms with Crippen molar-refractivity contribution in [3.8, 4) is 5.75 Å². The van der Waals surface area contributed by atoms with Crippen LogP contribution in [0, 0.1) is 0 Å². The maximum Gasteiger partial charge on any atom is 0.271 e. The quantitative estimate of drug-likeness (QED) is 0.736. The van der Waals surface area contributed by atoms with E-state index in [2.05, 4.69) is 20.6 Å². The number of para-hydroxylation sites is 2. The zero-order valence-electron chi connectivity index (χ0n) is 16.1. The summed E-state index contributed by atoms with van der Waals surface area (Å²) in [7, 11) is 0. The number of nitrogens with zero attached hydrogens (tertiary/aromatic N) is 2. The second kappa shape index (κ2) is 9.35. The number of anilines is 2. The van der Waals surface area contributed by atoms with E-state index in [-0.39, 0.29) is 18.1 Å². The normalized spacial score (nSPS) is 15.2. The Labute approximate surface area is 160 Å². The number of nitrogens with one attached hydrogen (secondary N) is 2. The van der Waals surface area contributed by atoms with Gasteiger partial charge in [-0.05, 0) is 38.8 Å². The van der Waals surface area contributed by atoms with Crippen molar-refractivity contribution in [1.82, 2.24) is 15.3 Å². The van der Waals surface area contributed by atoms with Gasteiger partial charge in [0, 0.05) is 6.04 Å². The van der Waals surface area contributed by atoms with Crippen LogP contribution in [0.4, 0.5) is 11.5 Å². The monoisotopic (exact) mass is 368 g/mol. The van der Waals surface area contributed by atoms with E-state index in [9.17, 15) is 4.79 Å². The molecule has 1 saturated carbocycles. The lowest BCUT2D eigenvalue weighted by molar-refractivity contribution is 0.0928. The van der Waals surface area contributed by atoms with Crippen LogP contribution in [0.1, 0.15) is 62.9 Å². The molecule has 3 rings (SSSR count). The summed E-state index contributed by atoms with van der Waals surface area (Å²) >= 11 is 0. The molecule has 2 N–H and O–H groups in total. The summed E-state index contributed by atoms with van der Waals surface area (Å²) in [5, 5.41) is 6.30. The third-order valence-electron chi connectivity index (χ3n) is 4.59. The predicted molar refractivity (Wildman–Crippen MR) is 106 cm³/mol. The van der Waals surface area contributed by atoms with Gasteiger partial charge in [-0.2, -0.15) is 0 Å². The molecule has 1 aliphatic rings. The molecule has 1 heterocycles. The van der Waals surface area contributed by atoms with Crippen LogP contribution in [-0.4, -0.2) is 28.0 Å². The van der Waals surface area contributed by atoms with Crippen molar-refractivity contribution in [1.29, 1.82) is 0 Å². The average molecular weight is 368 g/mol. The van der Waals surface area contributed by atoms with Gasteiger partial charge >= 0.3 is 0 Å². The number of carbonyl (C=O) groups is 1. The lowest BCUT2D eigenvalue weighted by Crippen LogP contribution is -2.34. The summed E-state index contributed by atoms with van der Waals surface area (Å²) in [4.78, 5) is 21.0. The molecule has 0 bridgehead atoms. The molecule has 144 valence electrons. The first-order chi connectivity index (χ1) is 13.1. The van der Waals surface area contributed by atoms with E-state index in [1.54, 1.807) is 6.20 Å². The Morgan fingerprint density at radius 1 is 1.07 bits per heavy atom. The summed E-state index contributed by atoms with van der Waals surface area (Å²) < 4.78 is 5.80. The highest BCUT2D eigenvalue weighted by molar-refractivity contribution is 5.92. The molecule has 1 amide bonds. The van der Waals surface area contributed by atoms with Crippen LogP contribution in [0.15, 0.2) is 36.7 Å². The molecule has 1 fully saturated rings. The summed E-state index contributed by atoms with van der Waals surface area (Å²) in [6, 6.07) is 7.93. The SMILES string of the molecule is CC(C)Oc1ccccc1Nc1cnc(C(=O)NC2CCCCCC2)cn1. The van der Waals surface area contributed by atoms with Gasteiger partial charge in [0.1, 0.15) is 17.3 Å². The third kappa shape index (κ3) is 5.67. The smallest absolute Gasteiger partial charge is 0.271 e. The minimum absolute atomic E-state index is 0.0779. The first kappa shape index (κ1) is 19.1. The van der Waals surface area contributed by atoms with Crippen molar-refractivity contribution in [3.63, 3.8) is 0 Å². The molecule has 2 aromatic rings. The number of ether oxygens (including phenoxy) is 1. The van der Waals surface area contributed by atoms with Gasteiger partial charge in [-0.25, -0.2) is 9.97 Å². The lowest BCUT2D eigenvalue weighted by Gasteiger charge is -2.16. The number of benzene rings is 1. The van der Waals surface area contributed by atoms with E-state index in [0.717, 1.165) is 24.3 Å². The summed E-state index contributed by atoms with van der Waals surface area (Å²) in [6.45, 7) is 3.97. The fraction of sp³-hybridized carbons (Fsp3) is 0.476. The Hall–Kier alpha value is -2.63. The first-order valence-electron chi connectivity index (χ1n) is 9.77. The van der Waals surface area contributed by atoms with Crippen LogP contribution < -0.4 is 15.4 Å². The fourth-order valence-corrected chi connectivity index (χ4v) is 3.26. The van der Waals surface area contributed by atoms with Crippen molar-refractivity contribution in [2.24, 2.45) is 0 Å². The van der Waals surface area contributed by atoms with Gasteiger partial charge in [-0.3, -0.25) is 4.79 Å². The molecule has 0 atom stereocenters. The zero-order chi connectivity index (χ0) is 19.1. The number of amides is 1. The van der Waals surface area contributed by atoms with Crippen LogP contribution in [0.25, 0.3) is 0 Å². The number of aromatic nitrogens is 2. The molecule has 6 heteroatoms. The van der Waals surface area contributed by atoms with Crippen molar-refractivity contribution in [3.05, 3.63) is 42.4 Å². The Morgan fingerprint density at radius 3 is 2.48 bits per heavy atom. The molecule has 6 nitrogen and oxygen atoms in total. The second-order valence-electron chi connectivity index (χ2n) is 7.24. The average Bonchev–Trinajstić information content (AvgIpc) is 2.92. The van der Waals surface area contributed by atoms with Gasteiger partial charge in [0.2, 0.25) is 0 Å². The topological polar surface area (TPSA) is 76.1 Å². The van der Waals surface area contributed by atoms with Gasteiger partial charge in [-0.15, -0.1) is 0 Å². The molecule has 0 aliphatic heterocycles. The van der Waals surface area contributed by atoms with Crippen molar-refractivity contribution < 1.29 is 9.53 Å². The number of hydrogen-bond donors (Lipinski definition) is 2. The predicted octanol–water partition coefficient (Wildman–Crippen LogP) is 4.46. The molecule has 1 aliphatic carbocycles. The highest BCUT2D eigenvalue weighted by Crippen LogP contribution is 2.27. The molecule has 0 radical (unpaired) electrons. The molecule has 27 heavy (non-hydrogen) atoms. The van der Waals surface area contributed by atoms with Gasteiger partial charge in [0.05, 0.1) is 24.2 Å². The van der Waals surface area contributed by atoms with E-state index in [1.807, 2.05) is 38.1 Å². The van der Waals surface area contributed by atoms with Gasteiger partial charge < -0.3 is 15.4 Å². The maximum absolute atomic E-state index is 12.4.